The van der Waals surface area contributed by atoms with Gasteiger partial charge >= 0.3 is 0 Å². The quantitative estimate of drug-likeness (QED) is 0.525. The molecule has 0 saturated carbocycles. The lowest BCUT2D eigenvalue weighted by molar-refractivity contribution is -0.136. The number of carbonyl (C=O) groups excluding carboxylic acids is 2. The second-order valence-corrected chi connectivity index (χ2v) is 9.33. The zero-order valence-electron chi connectivity index (χ0n) is 20.7. The summed E-state index contributed by atoms with van der Waals surface area (Å²) in [5.74, 6) is 1.82. The van der Waals surface area contributed by atoms with Crippen molar-refractivity contribution in [2.45, 2.75) is 65.0 Å². The van der Waals surface area contributed by atoms with Crippen LogP contribution in [0.3, 0.4) is 0 Å². The fraction of sp³-hybridized carbons (Fsp3) is 0.500. The summed E-state index contributed by atoms with van der Waals surface area (Å²) in [7, 11) is 0. The van der Waals surface area contributed by atoms with Crippen molar-refractivity contribution in [2.75, 3.05) is 19.7 Å². The van der Waals surface area contributed by atoms with Gasteiger partial charge in [0.15, 0.2) is 0 Å². The predicted octanol–water partition coefficient (Wildman–Crippen LogP) is 4.62. The van der Waals surface area contributed by atoms with Gasteiger partial charge in [-0.1, -0.05) is 30.3 Å². The van der Waals surface area contributed by atoms with Gasteiger partial charge < -0.3 is 19.7 Å². The summed E-state index contributed by atoms with van der Waals surface area (Å²) in [6.07, 6.45) is 3.73. The molecule has 1 fully saturated rings. The van der Waals surface area contributed by atoms with Crippen molar-refractivity contribution in [2.24, 2.45) is 5.92 Å². The number of ether oxygens (including phenoxy) is 2. The molecule has 1 heterocycles. The second-order valence-electron chi connectivity index (χ2n) is 9.33. The van der Waals surface area contributed by atoms with Crippen molar-refractivity contribution in [1.29, 1.82) is 0 Å². The van der Waals surface area contributed by atoms with Crippen LogP contribution in [0.4, 0.5) is 0 Å². The molecule has 1 atom stereocenters. The van der Waals surface area contributed by atoms with Gasteiger partial charge in [0.2, 0.25) is 11.8 Å². The molecule has 0 aliphatic carbocycles. The van der Waals surface area contributed by atoms with E-state index in [2.05, 4.69) is 24.4 Å². The van der Waals surface area contributed by atoms with Crippen LogP contribution in [-0.4, -0.2) is 48.6 Å². The van der Waals surface area contributed by atoms with Crippen molar-refractivity contribution >= 4 is 11.8 Å². The van der Waals surface area contributed by atoms with Crippen molar-refractivity contribution in [1.82, 2.24) is 10.2 Å². The highest BCUT2D eigenvalue weighted by molar-refractivity contribution is 5.80. The number of piperidine rings is 1. The van der Waals surface area contributed by atoms with Crippen LogP contribution < -0.4 is 14.8 Å². The zero-order valence-corrected chi connectivity index (χ0v) is 20.7. The Hall–Kier alpha value is -3.02. The van der Waals surface area contributed by atoms with Gasteiger partial charge in [-0.25, -0.2) is 0 Å². The average Bonchev–Trinajstić information content (AvgIpc) is 2.84. The lowest BCUT2D eigenvalue weighted by Gasteiger charge is -2.32. The molecule has 34 heavy (non-hydrogen) atoms. The zero-order chi connectivity index (χ0) is 24.3. The third-order valence-corrected chi connectivity index (χ3v) is 6.10. The first kappa shape index (κ1) is 25.6. The minimum atomic E-state index is -0.0282. The van der Waals surface area contributed by atoms with Crippen LogP contribution >= 0.6 is 0 Å². The summed E-state index contributed by atoms with van der Waals surface area (Å²) in [6.45, 7) is 7.71. The number of hydrogen-bond acceptors (Lipinski definition) is 4. The van der Waals surface area contributed by atoms with Gasteiger partial charge in [0.1, 0.15) is 11.5 Å². The van der Waals surface area contributed by atoms with E-state index in [0.29, 0.717) is 39.0 Å². The number of rotatable bonds is 11. The topological polar surface area (TPSA) is 67.9 Å². The van der Waals surface area contributed by atoms with E-state index in [1.54, 1.807) is 0 Å². The van der Waals surface area contributed by atoms with Crippen molar-refractivity contribution in [3.63, 3.8) is 0 Å². The number of nitrogens with one attached hydrogen (secondary N) is 1. The normalized spacial score (nSPS) is 15.1. The summed E-state index contributed by atoms with van der Waals surface area (Å²) < 4.78 is 11.3. The monoisotopic (exact) mass is 466 g/mol. The molecule has 0 bridgehead atoms. The van der Waals surface area contributed by atoms with E-state index in [1.807, 2.05) is 61.2 Å². The molecule has 2 aromatic rings. The van der Waals surface area contributed by atoms with Gasteiger partial charge in [0, 0.05) is 25.0 Å². The third kappa shape index (κ3) is 8.40. The van der Waals surface area contributed by atoms with Crippen molar-refractivity contribution in [3.05, 3.63) is 60.2 Å². The Balaban J connectivity index is 1.32. The molecule has 1 aliphatic rings. The van der Waals surface area contributed by atoms with Gasteiger partial charge in [-0.05, 0) is 76.3 Å². The van der Waals surface area contributed by atoms with Gasteiger partial charge in [-0.2, -0.15) is 0 Å². The summed E-state index contributed by atoms with van der Waals surface area (Å²) in [5, 5.41) is 3.17. The van der Waals surface area contributed by atoms with Crippen molar-refractivity contribution < 1.29 is 19.1 Å². The minimum Gasteiger partial charge on any atom is -0.493 e. The van der Waals surface area contributed by atoms with E-state index in [1.165, 1.54) is 5.56 Å². The highest BCUT2D eigenvalue weighted by Gasteiger charge is 2.27. The van der Waals surface area contributed by atoms with Gasteiger partial charge in [0.25, 0.3) is 0 Å². The van der Waals surface area contributed by atoms with Crippen LogP contribution in [0.15, 0.2) is 54.6 Å². The number of carbonyl (C=O) groups is 2. The molecule has 1 unspecified atom stereocenters. The lowest BCUT2D eigenvalue weighted by Crippen LogP contribution is -2.45. The first-order valence-corrected chi connectivity index (χ1v) is 12.4. The van der Waals surface area contributed by atoms with Crippen LogP contribution in [0.5, 0.6) is 11.5 Å². The van der Waals surface area contributed by atoms with E-state index < -0.39 is 0 Å². The fourth-order valence-electron chi connectivity index (χ4n) is 4.15. The Labute approximate surface area is 203 Å². The van der Waals surface area contributed by atoms with Gasteiger partial charge in [0.05, 0.1) is 19.1 Å². The Morgan fingerprint density at radius 3 is 2.29 bits per heavy atom. The summed E-state index contributed by atoms with van der Waals surface area (Å²) in [5.41, 5.74) is 1.24. The SMILES string of the molecule is CC(CCc1ccc(OC(C)C)cc1)NC(=O)C1CCN(C(=O)CCOc2ccccc2)CC1. The summed E-state index contributed by atoms with van der Waals surface area (Å²) >= 11 is 0. The number of likely N-dealkylation sites (tertiary alicyclic amines) is 1. The first-order chi connectivity index (χ1) is 16.4. The fourth-order valence-corrected chi connectivity index (χ4v) is 4.15. The van der Waals surface area contributed by atoms with Gasteiger partial charge in [-0.3, -0.25) is 9.59 Å². The number of benzene rings is 2. The van der Waals surface area contributed by atoms with Crippen LogP contribution in [-0.2, 0) is 16.0 Å². The summed E-state index contributed by atoms with van der Waals surface area (Å²) in [6, 6.07) is 17.8. The maximum Gasteiger partial charge on any atom is 0.225 e. The predicted molar refractivity (Wildman–Crippen MR) is 134 cm³/mol. The first-order valence-electron chi connectivity index (χ1n) is 12.4. The van der Waals surface area contributed by atoms with E-state index >= 15 is 0 Å². The van der Waals surface area contributed by atoms with Crippen LogP contribution in [0.25, 0.3) is 0 Å². The molecular formula is C28H38N2O4. The van der Waals surface area contributed by atoms with Gasteiger partial charge in [-0.15, -0.1) is 0 Å². The van der Waals surface area contributed by atoms with E-state index in [0.717, 1.165) is 24.3 Å². The molecule has 1 saturated heterocycles. The molecule has 2 aromatic carbocycles. The number of nitrogens with zero attached hydrogens (tertiary/aromatic N) is 1. The maximum atomic E-state index is 12.7. The standard InChI is InChI=1S/C28H38N2O4/c1-21(2)34-26-13-11-23(12-14-26)10-9-22(3)29-28(32)24-15-18-30(19-16-24)27(31)17-20-33-25-7-5-4-6-8-25/h4-8,11-14,21-22,24H,9-10,15-20H2,1-3H3,(H,29,32). The van der Waals surface area contributed by atoms with Crippen LogP contribution in [0.2, 0.25) is 0 Å². The molecule has 0 aromatic heterocycles. The summed E-state index contributed by atoms with van der Waals surface area (Å²) in [4.78, 5) is 27.1. The second kappa shape index (κ2) is 13.0. The van der Waals surface area contributed by atoms with Crippen LogP contribution in [0.1, 0.15) is 52.0 Å². The molecule has 3 rings (SSSR count). The maximum absolute atomic E-state index is 12.7. The smallest absolute Gasteiger partial charge is 0.225 e. The molecule has 0 radical (unpaired) electrons. The highest BCUT2D eigenvalue weighted by atomic mass is 16.5. The Bertz CT molecular complexity index is 890. The Morgan fingerprint density at radius 1 is 0.971 bits per heavy atom. The number of hydrogen-bond donors (Lipinski definition) is 1. The van der Waals surface area contributed by atoms with Crippen molar-refractivity contribution in [3.8, 4) is 11.5 Å². The Morgan fingerprint density at radius 2 is 1.65 bits per heavy atom. The largest absolute Gasteiger partial charge is 0.493 e. The molecular weight excluding hydrogens is 428 g/mol. The highest BCUT2D eigenvalue weighted by Crippen LogP contribution is 2.19. The molecule has 184 valence electrons. The molecule has 1 N–H and O–H groups in total. The number of para-hydroxylation sites is 1. The minimum absolute atomic E-state index is 0.0282. The lowest BCUT2D eigenvalue weighted by atomic mass is 9.95. The molecule has 2 amide bonds. The van der Waals surface area contributed by atoms with E-state index in [-0.39, 0.29) is 29.9 Å². The van der Waals surface area contributed by atoms with E-state index in [9.17, 15) is 9.59 Å². The third-order valence-electron chi connectivity index (χ3n) is 6.10. The number of aryl methyl sites for hydroxylation is 1. The Kier molecular flexibility index (Phi) is 9.80. The molecule has 6 nitrogen and oxygen atoms in total. The molecule has 6 heteroatoms. The molecule has 0 spiro atoms. The van der Waals surface area contributed by atoms with E-state index in [4.69, 9.17) is 9.47 Å². The molecule has 1 aliphatic heterocycles. The van der Waals surface area contributed by atoms with Crippen LogP contribution in [0, 0.1) is 5.92 Å². The number of amides is 2. The average molecular weight is 467 g/mol.